The molecule has 624 valence electrons. The molecule has 8 aliphatic rings. The highest BCUT2D eigenvalue weighted by Gasteiger charge is 2.53. The van der Waals surface area contributed by atoms with Crippen LogP contribution in [0.3, 0.4) is 0 Å². The van der Waals surface area contributed by atoms with Gasteiger partial charge in [0.1, 0.15) is 48.3 Å². The highest BCUT2D eigenvalue weighted by atomic mass is 32.2. The van der Waals surface area contributed by atoms with Crippen molar-refractivity contribution >= 4 is 94.9 Å². The second kappa shape index (κ2) is 44.5. The molecule has 11 N–H and O–H groups in total. The van der Waals surface area contributed by atoms with Crippen LogP contribution in [-0.4, -0.2) is 242 Å². The Balaban J connectivity index is 0.000000207. The van der Waals surface area contributed by atoms with Gasteiger partial charge in [-0.15, -0.1) is 23.5 Å². The van der Waals surface area contributed by atoms with Gasteiger partial charge in [0.15, 0.2) is 0 Å². The van der Waals surface area contributed by atoms with Gasteiger partial charge < -0.3 is 60.1 Å². The first-order valence-corrected chi connectivity index (χ1v) is 42.7. The summed E-state index contributed by atoms with van der Waals surface area (Å²) in [4.78, 5) is 155. The van der Waals surface area contributed by atoms with Crippen molar-refractivity contribution in [3.05, 3.63) is 60.7 Å². The third-order valence-corrected chi connectivity index (χ3v) is 25.9. The minimum Gasteiger partial charge on any atom is -0.480 e. The molecule has 4 aliphatic carbocycles. The molecule has 0 aromatic heterocycles. The average molecular weight is 1610 g/mol. The Morgan fingerprint density at radius 2 is 0.616 bits per heavy atom. The van der Waals surface area contributed by atoms with Crippen molar-refractivity contribution < 1.29 is 98.0 Å². The SMILES string of the molecule is CC(C)CC[C@H](N[C@@H](C)C(=O)N1[C@H](C(=O)O)C[C@H]2CCCC[C@@H]21)C(=O)O.CCOC(=O)[C@H](CCC(C)C)N[C@@H](C)C(=O)N1[C@H](C(=O)O)C[C@H]2CCCC[C@@H]21.C[C@H](N[C@@H](CSc1ccccc1)C(=O)O)C(=O)N1[C@H](C(=O)O)C[C@H]2CCCC[C@@H]21.C[C@H](N[C@@H](CSc1ccccc1)C(=O)O)C(=O)N1[C@H](C(=O)O)C[C@H]2CCCC[C@@H]21. The maximum Gasteiger partial charge on any atom is 0.326 e. The minimum atomic E-state index is -1.03. The first-order chi connectivity index (χ1) is 53.2. The molecule has 2 aromatic carbocycles. The van der Waals surface area contributed by atoms with E-state index in [0.29, 0.717) is 50.4 Å². The van der Waals surface area contributed by atoms with Crippen molar-refractivity contribution in [2.24, 2.45) is 35.5 Å². The normalized spacial score (nSPS) is 26.5. The molecule has 0 bridgehead atoms. The summed E-state index contributed by atoms with van der Waals surface area (Å²) < 4.78 is 5.17. The number of fused-ring (bicyclic) bond motifs is 4. The maximum atomic E-state index is 13.2. The van der Waals surface area contributed by atoms with E-state index in [9.17, 15) is 93.3 Å². The van der Waals surface area contributed by atoms with Crippen LogP contribution in [0.4, 0.5) is 0 Å². The molecule has 8 fully saturated rings. The molecule has 112 heavy (non-hydrogen) atoms. The number of thioether (sulfide) groups is 2. The van der Waals surface area contributed by atoms with E-state index in [1.807, 2.05) is 74.5 Å². The number of hydrogen-bond donors (Lipinski definition) is 11. The number of benzene rings is 2. The molecular weight excluding hydrogens is 1480 g/mol. The number of carboxylic acid groups (broad SMARTS) is 7. The predicted molar refractivity (Wildman–Crippen MR) is 422 cm³/mol. The van der Waals surface area contributed by atoms with Crippen LogP contribution in [0.1, 0.15) is 216 Å². The lowest BCUT2D eigenvalue weighted by atomic mass is 9.84. The zero-order valence-electron chi connectivity index (χ0n) is 66.6. The number of carboxylic acids is 7. The summed E-state index contributed by atoms with van der Waals surface area (Å²) in [5, 5.41) is 79.0. The van der Waals surface area contributed by atoms with Crippen LogP contribution in [0, 0.1) is 35.5 Å². The third-order valence-electron chi connectivity index (χ3n) is 23.6. The molecule has 4 heterocycles. The summed E-state index contributed by atoms with van der Waals surface area (Å²) in [5.41, 5.74) is 0. The van der Waals surface area contributed by atoms with E-state index in [0.717, 1.165) is 125 Å². The van der Waals surface area contributed by atoms with Gasteiger partial charge >= 0.3 is 47.8 Å². The number of nitrogens with zero attached hydrogens (tertiary/aromatic N) is 4. The largest absolute Gasteiger partial charge is 0.480 e. The Morgan fingerprint density at radius 1 is 0.366 bits per heavy atom. The summed E-state index contributed by atoms with van der Waals surface area (Å²) in [5.74, 6) is -6.06. The predicted octanol–water partition coefficient (Wildman–Crippen LogP) is 9.58. The minimum absolute atomic E-state index is 0.00306. The molecule has 28 nitrogen and oxygen atoms in total. The number of carbonyl (C=O) groups is 12. The lowest BCUT2D eigenvalue weighted by molar-refractivity contribution is -0.152. The highest BCUT2D eigenvalue weighted by molar-refractivity contribution is 7.99. The van der Waals surface area contributed by atoms with Crippen LogP contribution in [-0.2, 0) is 62.3 Å². The summed E-state index contributed by atoms with van der Waals surface area (Å²) in [6.07, 6.45) is 20.2. The number of aliphatic carboxylic acids is 7. The molecule has 4 saturated heterocycles. The number of amides is 4. The van der Waals surface area contributed by atoms with E-state index in [-0.39, 0.29) is 95.5 Å². The van der Waals surface area contributed by atoms with Crippen LogP contribution in [0.2, 0.25) is 0 Å². The number of hydrogen-bond acceptors (Lipinski definition) is 19. The Hall–Kier alpha value is -7.38. The smallest absolute Gasteiger partial charge is 0.326 e. The monoisotopic (exact) mass is 1600 g/mol. The molecule has 2 aromatic rings. The average Bonchev–Trinajstić information content (AvgIpc) is 1.65. The Morgan fingerprint density at radius 3 is 0.866 bits per heavy atom. The molecule has 10 rings (SSSR count). The first-order valence-electron chi connectivity index (χ1n) is 40.7. The van der Waals surface area contributed by atoms with Crippen LogP contribution >= 0.6 is 23.5 Å². The second-order valence-electron chi connectivity index (χ2n) is 32.5. The lowest BCUT2D eigenvalue weighted by Crippen LogP contribution is -2.56. The van der Waals surface area contributed by atoms with Gasteiger partial charge in [0.25, 0.3) is 0 Å². The molecule has 30 heteroatoms. The molecule has 20 atom stereocenters. The lowest BCUT2D eigenvalue weighted by Gasteiger charge is -2.35. The number of carbonyl (C=O) groups excluding carboxylic acids is 5. The number of likely N-dealkylation sites (tertiary alicyclic amines) is 4. The Bertz CT molecular complexity index is 3350. The van der Waals surface area contributed by atoms with Gasteiger partial charge in [-0.05, 0) is 197 Å². The van der Waals surface area contributed by atoms with Crippen molar-refractivity contribution in [2.45, 2.75) is 323 Å². The molecule has 4 aliphatic heterocycles. The molecule has 4 amide bonds. The highest BCUT2D eigenvalue weighted by Crippen LogP contribution is 2.44. The molecule has 0 unspecified atom stereocenters. The van der Waals surface area contributed by atoms with Crippen molar-refractivity contribution in [3.63, 3.8) is 0 Å². The summed E-state index contributed by atoms with van der Waals surface area (Å²) in [6.45, 7) is 16.9. The van der Waals surface area contributed by atoms with Gasteiger partial charge in [-0.25, -0.2) is 19.2 Å². The van der Waals surface area contributed by atoms with E-state index in [1.54, 1.807) is 39.5 Å². The van der Waals surface area contributed by atoms with Crippen molar-refractivity contribution in [1.82, 2.24) is 40.9 Å². The fraction of sp³-hybridized carbons (Fsp3) is 0.707. The van der Waals surface area contributed by atoms with Gasteiger partial charge in [-0.2, -0.15) is 0 Å². The fourth-order valence-electron chi connectivity index (χ4n) is 17.9. The van der Waals surface area contributed by atoms with E-state index >= 15 is 0 Å². The maximum absolute atomic E-state index is 13.2. The summed E-state index contributed by atoms with van der Waals surface area (Å²) in [6, 6.07) is 9.57. The van der Waals surface area contributed by atoms with E-state index < -0.39 is 114 Å². The quantitative estimate of drug-likeness (QED) is 0.0234. The third kappa shape index (κ3) is 25.6. The van der Waals surface area contributed by atoms with Crippen molar-refractivity contribution in [2.75, 3.05) is 18.1 Å². The zero-order chi connectivity index (χ0) is 82.2. The summed E-state index contributed by atoms with van der Waals surface area (Å²) in [7, 11) is 0. The second-order valence-corrected chi connectivity index (χ2v) is 34.7. The van der Waals surface area contributed by atoms with Gasteiger partial charge in [-0.1, -0.05) is 115 Å². The van der Waals surface area contributed by atoms with Crippen LogP contribution in [0.5, 0.6) is 0 Å². The Labute approximate surface area is 667 Å². The van der Waals surface area contributed by atoms with Crippen molar-refractivity contribution in [1.29, 1.82) is 0 Å². The van der Waals surface area contributed by atoms with Crippen LogP contribution in [0.25, 0.3) is 0 Å². The van der Waals surface area contributed by atoms with E-state index in [1.165, 1.54) is 38.2 Å². The number of ether oxygens (including phenoxy) is 1. The number of esters is 1. The Kier molecular flexibility index (Phi) is 36.5. The first kappa shape index (κ1) is 91.8. The van der Waals surface area contributed by atoms with Gasteiger partial charge in [0.2, 0.25) is 23.6 Å². The topological polar surface area (TPSA) is 417 Å². The molecule has 4 saturated carbocycles. The number of nitrogens with one attached hydrogen (secondary N) is 4. The zero-order valence-corrected chi connectivity index (χ0v) is 68.2. The van der Waals surface area contributed by atoms with Crippen LogP contribution in [0.15, 0.2) is 70.5 Å². The van der Waals surface area contributed by atoms with Crippen LogP contribution < -0.4 is 21.3 Å². The summed E-state index contributed by atoms with van der Waals surface area (Å²) >= 11 is 2.81. The standard InChI is InChI=1S/2C21H28N2O5S.C21H36N2O5.C19H32N2O5/c2*1-13(22-16(20(25)26)12-29-15-8-3-2-4-9-15)19(24)23-17-10-6-5-7-14(17)11-18(23)21(27)28;1-5-28-21(27)16(11-10-13(2)3)22-14(4)19(24)23-17-9-7-6-8-15(17)12-18(23)20(25)26;1-11(2)8-9-14(18(23)24)20-12(3)17(22)21-15-7-5-4-6-13(15)10-16(21)19(25)26/h2*2-4,8-9,13-14,16-18,22H,5-7,10-12H2,1H3,(H,25,26)(H,27,28);13-18,22H,5-12H2,1-4H3,(H,25,26);11-16,20H,4-10H2,1-3H3,(H,23,24)(H,25,26)/t2*13-,14+,16-,17-,18-;14-,15+,16-,17-,18-;12-,13+,14-,15-,16-/m0000/s1. The molecule has 0 spiro atoms. The molecular formula is C82H124N8O20S2. The number of rotatable bonds is 33. The van der Waals surface area contributed by atoms with Gasteiger partial charge in [-0.3, -0.25) is 59.6 Å². The van der Waals surface area contributed by atoms with Crippen molar-refractivity contribution in [3.8, 4) is 0 Å². The van der Waals surface area contributed by atoms with Gasteiger partial charge in [0.05, 0.1) is 30.8 Å². The fourth-order valence-corrected chi connectivity index (χ4v) is 19.8. The van der Waals surface area contributed by atoms with E-state index in [2.05, 4.69) is 35.1 Å². The van der Waals surface area contributed by atoms with Gasteiger partial charge in [0, 0.05) is 45.5 Å². The van der Waals surface area contributed by atoms with E-state index in [4.69, 9.17) is 4.74 Å². The molecule has 0 radical (unpaired) electrons.